The van der Waals surface area contributed by atoms with E-state index in [-0.39, 0.29) is 5.91 Å². The van der Waals surface area contributed by atoms with E-state index in [4.69, 9.17) is 17.3 Å². The monoisotopic (exact) mass is 261 g/mol. The summed E-state index contributed by atoms with van der Waals surface area (Å²) >= 11 is 5.96. The Bertz CT molecular complexity index is 599. The molecule has 0 bridgehead atoms. The number of amides is 1. The number of anilines is 2. The zero-order valence-electron chi connectivity index (χ0n) is 9.77. The van der Waals surface area contributed by atoms with Gasteiger partial charge in [-0.1, -0.05) is 11.6 Å². The third-order valence-corrected chi connectivity index (χ3v) is 2.70. The van der Waals surface area contributed by atoms with Crippen LogP contribution in [0.3, 0.4) is 0 Å². The second-order valence-corrected chi connectivity index (χ2v) is 4.35. The fourth-order valence-electron chi connectivity index (χ4n) is 1.54. The molecule has 0 saturated heterocycles. The summed E-state index contributed by atoms with van der Waals surface area (Å²) in [6.45, 7) is 1.90. The Balaban J connectivity index is 2.24. The molecule has 18 heavy (non-hydrogen) atoms. The number of carbonyl (C=O) groups is 1. The number of nitrogens with two attached hydrogens (primary N) is 1. The molecule has 0 aliphatic rings. The lowest BCUT2D eigenvalue weighted by Gasteiger charge is -2.07. The second kappa shape index (κ2) is 5.06. The number of hydrogen-bond acceptors (Lipinski definition) is 3. The topological polar surface area (TPSA) is 68.0 Å². The molecule has 1 aromatic carbocycles. The fraction of sp³-hybridized carbons (Fsp3) is 0.0769. The van der Waals surface area contributed by atoms with E-state index in [1.807, 2.05) is 13.0 Å². The molecule has 0 aliphatic heterocycles. The lowest BCUT2D eigenvalue weighted by Crippen LogP contribution is -2.13. The zero-order valence-corrected chi connectivity index (χ0v) is 10.5. The average molecular weight is 262 g/mol. The molecule has 92 valence electrons. The van der Waals surface area contributed by atoms with Crippen LogP contribution in [0, 0.1) is 6.92 Å². The van der Waals surface area contributed by atoms with Gasteiger partial charge in [0.2, 0.25) is 0 Å². The van der Waals surface area contributed by atoms with Gasteiger partial charge in [-0.15, -0.1) is 0 Å². The number of aryl methyl sites for hydroxylation is 1. The molecule has 2 rings (SSSR count). The summed E-state index contributed by atoms with van der Waals surface area (Å²) in [6.07, 6.45) is 3.29. The third kappa shape index (κ3) is 2.78. The van der Waals surface area contributed by atoms with E-state index >= 15 is 0 Å². The number of nitrogens with zero attached hydrogens (tertiary/aromatic N) is 1. The Morgan fingerprint density at radius 3 is 2.83 bits per heavy atom. The van der Waals surface area contributed by atoms with Gasteiger partial charge in [0, 0.05) is 11.9 Å². The van der Waals surface area contributed by atoms with Crippen LogP contribution in [0.2, 0.25) is 5.02 Å². The third-order valence-electron chi connectivity index (χ3n) is 2.37. The first kappa shape index (κ1) is 12.4. The average Bonchev–Trinajstić information content (AvgIpc) is 2.32. The maximum Gasteiger partial charge on any atom is 0.257 e. The van der Waals surface area contributed by atoms with Crippen LogP contribution in [-0.4, -0.2) is 10.9 Å². The van der Waals surface area contributed by atoms with Crippen LogP contribution in [-0.2, 0) is 0 Å². The van der Waals surface area contributed by atoms with Crippen molar-refractivity contribution in [2.24, 2.45) is 0 Å². The molecule has 0 radical (unpaired) electrons. The maximum atomic E-state index is 12.0. The second-order valence-electron chi connectivity index (χ2n) is 3.94. The van der Waals surface area contributed by atoms with E-state index in [1.165, 1.54) is 0 Å². The number of aromatic nitrogens is 1. The number of rotatable bonds is 2. The number of nitrogen functional groups attached to an aromatic ring is 1. The van der Waals surface area contributed by atoms with Crippen LogP contribution in [0.5, 0.6) is 0 Å². The highest BCUT2D eigenvalue weighted by molar-refractivity contribution is 6.34. The van der Waals surface area contributed by atoms with Crippen LogP contribution in [0.4, 0.5) is 11.4 Å². The number of carbonyl (C=O) groups excluding carboxylic acids is 1. The van der Waals surface area contributed by atoms with Crippen molar-refractivity contribution in [3.05, 3.63) is 52.8 Å². The molecule has 0 atom stereocenters. The quantitative estimate of drug-likeness (QED) is 0.817. The van der Waals surface area contributed by atoms with E-state index in [9.17, 15) is 4.79 Å². The molecule has 1 heterocycles. The van der Waals surface area contributed by atoms with E-state index in [1.54, 1.807) is 30.6 Å². The van der Waals surface area contributed by atoms with Gasteiger partial charge in [0.1, 0.15) is 0 Å². The van der Waals surface area contributed by atoms with Gasteiger partial charge in [-0.05, 0) is 36.8 Å². The number of halogens is 1. The minimum absolute atomic E-state index is 0.306. The molecule has 5 heteroatoms. The fourth-order valence-corrected chi connectivity index (χ4v) is 1.74. The van der Waals surface area contributed by atoms with Crippen molar-refractivity contribution in [3.8, 4) is 0 Å². The predicted octanol–water partition coefficient (Wildman–Crippen LogP) is 2.88. The molecular weight excluding hydrogens is 250 g/mol. The van der Waals surface area contributed by atoms with Gasteiger partial charge in [0.25, 0.3) is 5.91 Å². The van der Waals surface area contributed by atoms with Crippen molar-refractivity contribution in [1.29, 1.82) is 0 Å². The van der Waals surface area contributed by atoms with Gasteiger partial charge < -0.3 is 11.1 Å². The lowest BCUT2D eigenvalue weighted by atomic mass is 10.2. The van der Waals surface area contributed by atoms with Crippen LogP contribution < -0.4 is 11.1 Å². The summed E-state index contributed by atoms with van der Waals surface area (Å²) in [5.41, 5.74) is 8.06. The summed E-state index contributed by atoms with van der Waals surface area (Å²) in [7, 11) is 0. The summed E-state index contributed by atoms with van der Waals surface area (Å²) in [6, 6.07) is 6.61. The number of hydrogen-bond donors (Lipinski definition) is 2. The van der Waals surface area contributed by atoms with Crippen LogP contribution >= 0.6 is 11.6 Å². The van der Waals surface area contributed by atoms with Gasteiger partial charge in [-0.3, -0.25) is 9.78 Å². The van der Waals surface area contributed by atoms with E-state index in [2.05, 4.69) is 10.3 Å². The first-order chi connectivity index (χ1) is 8.56. The molecular formula is C13H12ClN3O. The van der Waals surface area contributed by atoms with E-state index in [0.717, 1.165) is 5.56 Å². The molecule has 1 aromatic heterocycles. The van der Waals surface area contributed by atoms with Crippen LogP contribution in [0.25, 0.3) is 0 Å². The predicted molar refractivity (Wildman–Crippen MR) is 72.8 cm³/mol. The molecule has 4 nitrogen and oxygen atoms in total. The SMILES string of the molecule is Cc1cncc(NC(=O)c2cc(N)ccc2Cl)c1. The smallest absolute Gasteiger partial charge is 0.257 e. The minimum atomic E-state index is -0.306. The molecule has 0 aliphatic carbocycles. The van der Waals surface area contributed by atoms with Crippen LogP contribution in [0.15, 0.2) is 36.7 Å². The zero-order chi connectivity index (χ0) is 13.1. The minimum Gasteiger partial charge on any atom is -0.399 e. The highest BCUT2D eigenvalue weighted by Gasteiger charge is 2.11. The van der Waals surface area contributed by atoms with Gasteiger partial charge in [-0.25, -0.2) is 0 Å². The van der Waals surface area contributed by atoms with Gasteiger partial charge in [-0.2, -0.15) is 0 Å². The molecule has 3 N–H and O–H groups in total. The molecule has 0 spiro atoms. The van der Waals surface area contributed by atoms with Crippen molar-refractivity contribution in [2.75, 3.05) is 11.1 Å². The summed E-state index contributed by atoms with van der Waals surface area (Å²) in [4.78, 5) is 16.0. The van der Waals surface area contributed by atoms with Gasteiger partial charge in [0.15, 0.2) is 0 Å². The largest absolute Gasteiger partial charge is 0.399 e. The summed E-state index contributed by atoms with van der Waals surface area (Å²) in [5, 5.41) is 3.09. The van der Waals surface area contributed by atoms with E-state index in [0.29, 0.717) is 22.0 Å². The Labute approximate surface area is 110 Å². The Kier molecular flexibility index (Phi) is 3.48. The molecule has 1 amide bonds. The standard InChI is InChI=1S/C13H12ClN3O/c1-8-4-10(7-16-6-8)17-13(18)11-5-9(15)2-3-12(11)14/h2-7H,15H2,1H3,(H,17,18). The molecule has 2 aromatic rings. The summed E-state index contributed by atoms with van der Waals surface area (Å²) in [5.74, 6) is -0.306. The first-order valence-electron chi connectivity index (χ1n) is 5.34. The van der Waals surface area contributed by atoms with Crippen LogP contribution in [0.1, 0.15) is 15.9 Å². The summed E-state index contributed by atoms with van der Waals surface area (Å²) < 4.78 is 0. The van der Waals surface area contributed by atoms with Gasteiger partial charge >= 0.3 is 0 Å². The number of pyridine rings is 1. The molecule has 0 unspecified atom stereocenters. The van der Waals surface area contributed by atoms with E-state index < -0.39 is 0 Å². The first-order valence-corrected chi connectivity index (χ1v) is 5.72. The Morgan fingerprint density at radius 1 is 1.33 bits per heavy atom. The highest BCUT2D eigenvalue weighted by Crippen LogP contribution is 2.20. The normalized spacial score (nSPS) is 10.1. The van der Waals surface area contributed by atoms with Gasteiger partial charge in [0.05, 0.1) is 22.5 Å². The Hall–Kier alpha value is -2.07. The Morgan fingerprint density at radius 2 is 2.11 bits per heavy atom. The molecule has 0 fully saturated rings. The maximum absolute atomic E-state index is 12.0. The van der Waals surface area contributed by atoms with Crippen molar-refractivity contribution in [1.82, 2.24) is 4.98 Å². The number of benzene rings is 1. The highest BCUT2D eigenvalue weighted by atomic mass is 35.5. The molecule has 0 saturated carbocycles. The lowest BCUT2D eigenvalue weighted by molar-refractivity contribution is 0.102. The van der Waals surface area contributed by atoms with Crippen molar-refractivity contribution in [3.63, 3.8) is 0 Å². The van der Waals surface area contributed by atoms with Crippen molar-refractivity contribution in [2.45, 2.75) is 6.92 Å². The van der Waals surface area contributed by atoms with Crippen molar-refractivity contribution >= 4 is 28.9 Å². The number of nitrogens with one attached hydrogen (secondary N) is 1. The van der Waals surface area contributed by atoms with Crippen molar-refractivity contribution < 1.29 is 4.79 Å².